The Bertz CT molecular complexity index is 727. The Morgan fingerprint density at radius 3 is 2.59 bits per heavy atom. The van der Waals surface area contributed by atoms with Crippen LogP contribution in [-0.2, 0) is 4.79 Å². The van der Waals surface area contributed by atoms with Crippen LogP contribution in [0.3, 0.4) is 0 Å². The molecule has 1 heterocycles. The third kappa shape index (κ3) is 2.69. The quantitative estimate of drug-likeness (QED) is 0.935. The van der Waals surface area contributed by atoms with E-state index in [1.807, 2.05) is 0 Å². The summed E-state index contributed by atoms with van der Waals surface area (Å²) in [5.41, 5.74) is 0.909. The van der Waals surface area contributed by atoms with E-state index in [1.54, 1.807) is 25.1 Å². The Hall–Kier alpha value is -2.70. The molecule has 1 atom stereocenters. The summed E-state index contributed by atoms with van der Waals surface area (Å²) in [5, 5.41) is 13.0. The second-order valence-corrected chi connectivity index (χ2v) is 4.94. The van der Waals surface area contributed by atoms with E-state index >= 15 is 0 Å². The third-order valence-electron chi connectivity index (χ3n) is 3.58. The first-order valence-corrected chi connectivity index (χ1v) is 6.64. The van der Waals surface area contributed by atoms with Gasteiger partial charge >= 0.3 is 5.97 Å². The molecule has 1 aromatic carbocycles. The molecule has 6 nitrogen and oxygen atoms in total. The monoisotopic (exact) mass is 305 g/mol. The predicted octanol–water partition coefficient (Wildman–Crippen LogP) is 1.86. The Kier molecular flexibility index (Phi) is 4.25. The van der Waals surface area contributed by atoms with Gasteiger partial charge in [-0.05, 0) is 26.0 Å². The van der Waals surface area contributed by atoms with Gasteiger partial charge in [0.05, 0.1) is 17.5 Å². The SMILES string of the molecule is Cc1c(C(=O)N(C)C(C)C(=O)O)cnn1-c1ccccc1F. The number of nitrogens with zero attached hydrogens (tertiary/aromatic N) is 3. The molecular formula is C15H16FN3O3. The minimum atomic E-state index is -1.10. The molecule has 1 N–H and O–H groups in total. The zero-order valence-corrected chi connectivity index (χ0v) is 12.4. The van der Waals surface area contributed by atoms with Crippen LogP contribution in [0.1, 0.15) is 23.0 Å². The molecule has 2 aromatic rings. The molecule has 1 aromatic heterocycles. The van der Waals surface area contributed by atoms with E-state index in [0.717, 1.165) is 4.90 Å². The van der Waals surface area contributed by atoms with Crippen molar-refractivity contribution < 1.29 is 19.1 Å². The maximum atomic E-state index is 13.8. The molecule has 1 unspecified atom stereocenters. The summed E-state index contributed by atoms with van der Waals surface area (Å²) in [4.78, 5) is 24.4. The molecule has 0 aliphatic heterocycles. The molecular weight excluding hydrogens is 289 g/mol. The molecule has 22 heavy (non-hydrogen) atoms. The van der Waals surface area contributed by atoms with Gasteiger partial charge in [-0.3, -0.25) is 4.79 Å². The molecule has 7 heteroatoms. The lowest BCUT2D eigenvalue weighted by Crippen LogP contribution is -2.40. The number of amides is 1. The van der Waals surface area contributed by atoms with E-state index in [-0.39, 0.29) is 11.3 Å². The van der Waals surface area contributed by atoms with Crippen LogP contribution in [0.5, 0.6) is 0 Å². The standard InChI is InChI=1S/C15H16FN3O3/c1-9-11(14(20)18(3)10(2)15(21)22)8-17-19(9)13-7-5-4-6-12(13)16/h4-8,10H,1-3H3,(H,21,22). The molecule has 0 fully saturated rings. The second kappa shape index (κ2) is 5.97. The highest BCUT2D eigenvalue weighted by Crippen LogP contribution is 2.18. The fourth-order valence-corrected chi connectivity index (χ4v) is 2.02. The highest BCUT2D eigenvalue weighted by molar-refractivity contribution is 5.97. The van der Waals surface area contributed by atoms with E-state index in [4.69, 9.17) is 5.11 Å². The fraction of sp³-hybridized carbons (Fsp3) is 0.267. The predicted molar refractivity (Wildman–Crippen MR) is 77.5 cm³/mol. The number of aromatic nitrogens is 2. The summed E-state index contributed by atoms with van der Waals surface area (Å²) in [6.07, 6.45) is 1.31. The van der Waals surface area contributed by atoms with E-state index < -0.39 is 23.7 Å². The van der Waals surface area contributed by atoms with Crippen molar-refractivity contribution in [2.45, 2.75) is 19.9 Å². The average molecular weight is 305 g/mol. The number of rotatable bonds is 4. The number of carboxylic acids is 1. The van der Waals surface area contributed by atoms with Crippen molar-refractivity contribution in [2.75, 3.05) is 7.05 Å². The number of aliphatic carboxylic acids is 1. The number of carboxylic acid groups (broad SMARTS) is 1. The zero-order valence-electron chi connectivity index (χ0n) is 12.4. The van der Waals surface area contributed by atoms with Crippen molar-refractivity contribution in [1.82, 2.24) is 14.7 Å². The van der Waals surface area contributed by atoms with Gasteiger partial charge in [-0.2, -0.15) is 5.10 Å². The van der Waals surface area contributed by atoms with Crippen LogP contribution in [0.15, 0.2) is 30.5 Å². The lowest BCUT2D eigenvalue weighted by atomic mass is 10.2. The number of hydrogen-bond donors (Lipinski definition) is 1. The van der Waals surface area contributed by atoms with Crippen LogP contribution in [0.4, 0.5) is 4.39 Å². The number of para-hydroxylation sites is 1. The van der Waals surface area contributed by atoms with Gasteiger partial charge in [-0.25, -0.2) is 13.9 Å². The normalized spacial score (nSPS) is 12.0. The summed E-state index contributed by atoms with van der Waals surface area (Å²) in [6, 6.07) is 5.11. The Morgan fingerprint density at radius 1 is 1.36 bits per heavy atom. The minimum Gasteiger partial charge on any atom is -0.480 e. The molecule has 0 bridgehead atoms. The van der Waals surface area contributed by atoms with Crippen molar-refractivity contribution in [3.63, 3.8) is 0 Å². The summed E-state index contributed by atoms with van der Waals surface area (Å²) < 4.78 is 15.1. The first-order valence-electron chi connectivity index (χ1n) is 6.64. The summed E-state index contributed by atoms with van der Waals surface area (Å²) >= 11 is 0. The van der Waals surface area contributed by atoms with E-state index in [2.05, 4.69) is 5.10 Å². The van der Waals surface area contributed by atoms with Crippen LogP contribution in [0.25, 0.3) is 5.69 Å². The third-order valence-corrected chi connectivity index (χ3v) is 3.58. The largest absolute Gasteiger partial charge is 0.480 e. The topological polar surface area (TPSA) is 75.4 Å². The molecule has 0 saturated heterocycles. The number of likely N-dealkylation sites (N-methyl/N-ethyl adjacent to an activating group) is 1. The van der Waals surface area contributed by atoms with Gasteiger partial charge in [0, 0.05) is 7.05 Å². The van der Waals surface area contributed by atoms with Gasteiger partial charge < -0.3 is 10.0 Å². The smallest absolute Gasteiger partial charge is 0.326 e. The molecule has 2 rings (SSSR count). The molecule has 0 radical (unpaired) electrons. The van der Waals surface area contributed by atoms with Crippen molar-refractivity contribution in [2.24, 2.45) is 0 Å². The van der Waals surface area contributed by atoms with Crippen molar-refractivity contribution in [3.8, 4) is 5.69 Å². The van der Waals surface area contributed by atoms with Crippen LogP contribution < -0.4 is 0 Å². The Morgan fingerprint density at radius 2 is 2.00 bits per heavy atom. The number of benzene rings is 1. The Balaban J connectivity index is 2.38. The second-order valence-electron chi connectivity index (χ2n) is 4.94. The van der Waals surface area contributed by atoms with Crippen molar-refractivity contribution in [1.29, 1.82) is 0 Å². The van der Waals surface area contributed by atoms with Gasteiger partial charge in [0.2, 0.25) is 0 Å². The number of halogens is 1. The van der Waals surface area contributed by atoms with E-state index in [9.17, 15) is 14.0 Å². The number of carbonyl (C=O) groups excluding carboxylic acids is 1. The van der Waals surface area contributed by atoms with Crippen LogP contribution in [0.2, 0.25) is 0 Å². The van der Waals surface area contributed by atoms with Crippen molar-refractivity contribution in [3.05, 3.63) is 47.5 Å². The van der Waals surface area contributed by atoms with Gasteiger partial charge in [0.1, 0.15) is 17.5 Å². The van der Waals surface area contributed by atoms with Gasteiger partial charge in [-0.1, -0.05) is 12.1 Å². The van der Waals surface area contributed by atoms with Crippen LogP contribution >= 0.6 is 0 Å². The van der Waals surface area contributed by atoms with Gasteiger partial charge in [0.25, 0.3) is 5.91 Å². The maximum Gasteiger partial charge on any atom is 0.326 e. The highest BCUT2D eigenvalue weighted by Gasteiger charge is 2.26. The lowest BCUT2D eigenvalue weighted by molar-refractivity contribution is -0.141. The molecule has 1 amide bonds. The Labute approximate surface area is 126 Å². The fourth-order valence-electron chi connectivity index (χ4n) is 2.02. The zero-order chi connectivity index (χ0) is 16.4. The molecule has 0 saturated carbocycles. The number of carbonyl (C=O) groups is 2. The van der Waals surface area contributed by atoms with Crippen LogP contribution in [0, 0.1) is 12.7 Å². The van der Waals surface area contributed by atoms with Crippen LogP contribution in [-0.4, -0.2) is 44.8 Å². The maximum absolute atomic E-state index is 13.8. The van der Waals surface area contributed by atoms with Gasteiger partial charge in [0.15, 0.2) is 0 Å². The van der Waals surface area contributed by atoms with Gasteiger partial charge in [-0.15, -0.1) is 0 Å². The molecule has 0 spiro atoms. The molecule has 0 aliphatic rings. The van der Waals surface area contributed by atoms with E-state index in [0.29, 0.717) is 5.69 Å². The average Bonchev–Trinajstić information content (AvgIpc) is 2.87. The van der Waals surface area contributed by atoms with E-state index in [1.165, 1.54) is 30.9 Å². The summed E-state index contributed by atoms with van der Waals surface area (Å²) in [5.74, 6) is -2.04. The summed E-state index contributed by atoms with van der Waals surface area (Å²) in [7, 11) is 1.40. The molecule has 0 aliphatic carbocycles. The first kappa shape index (κ1) is 15.7. The van der Waals surface area contributed by atoms with Crippen molar-refractivity contribution >= 4 is 11.9 Å². The lowest BCUT2D eigenvalue weighted by Gasteiger charge is -2.21. The molecule has 116 valence electrons. The number of hydrogen-bond acceptors (Lipinski definition) is 3. The first-order chi connectivity index (χ1) is 10.3. The highest BCUT2D eigenvalue weighted by atomic mass is 19.1. The summed E-state index contributed by atoms with van der Waals surface area (Å²) in [6.45, 7) is 3.04. The minimum absolute atomic E-state index is 0.230.